The first-order chi connectivity index (χ1) is 9.04. The van der Waals surface area contributed by atoms with Crippen molar-refractivity contribution >= 4 is 11.0 Å². The lowest BCUT2D eigenvalue weighted by Crippen LogP contribution is -2.07. The molecule has 3 rings (SSSR count). The molecule has 19 heavy (non-hydrogen) atoms. The molecule has 0 unspecified atom stereocenters. The molecule has 0 aromatic carbocycles. The second-order valence-electron chi connectivity index (χ2n) is 4.07. The lowest BCUT2D eigenvalue weighted by atomic mass is 10.1. The Morgan fingerprint density at radius 1 is 0.947 bits per heavy atom. The molecule has 0 aliphatic rings. The number of hydrogen-bond donors (Lipinski definition) is 1. The van der Waals surface area contributed by atoms with Crippen molar-refractivity contribution in [3.05, 3.63) is 48.5 Å². The molecular formula is C13H8F3N3. The Balaban J connectivity index is 2.01. The fourth-order valence-electron chi connectivity index (χ4n) is 1.83. The van der Waals surface area contributed by atoms with Crippen molar-refractivity contribution in [1.29, 1.82) is 0 Å². The van der Waals surface area contributed by atoms with Crippen molar-refractivity contribution < 1.29 is 13.2 Å². The Bertz CT molecular complexity index is 714. The second-order valence-corrected chi connectivity index (χ2v) is 4.07. The third kappa shape index (κ3) is 2.16. The molecule has 6 heteroatoms. The number of alkyl halides is 3. The topological polar surface area (TPSA) is 41.6 Å². The predicted molar refractivity (Wildman–Crippen MR) is 64.3 cm³/mol. The van der Waals surface area contributed by atoms with Crippen molar-refractivity contribution in [1.82, 2.24) is 15.0 Å². The van der Waals surface area contributed by atoms with Gasteiger partial charge in [-0.1, -0.05) is 6.07 Å². The van der Waals surface area contributed by atoms with Gasteiger partial charge in [0.05, 0.1) is 0 Å². The van der Waals surface area contributed by atoms with Gasteiger partial charge in [-0.05, 0) is 18.2 Å². The predicted octanol–water partition coefficient (Wildman–Crippen LogP) is 3.64. The highest BCUT2D eigenvalue weighted by Gasteiger charge is 2.32. The van der Waals surface area contributed by atoms with Crippen LogP contribution in [0.15, 0.2) is 42.9 Å². The van der Waals surface area contributed by atoms with Crippen LogP contribution in [0, 0.1) is 0 Å². The molecule has 3 aromatic heterocycles. The van der Waals surface area contributed by atoms with Crippen LogP contribution in [0.2, 0.25) is 0 Å². The van der Waals surface area contributed by atoms with Crippen LogP contribution < -0.4 is 0 Å². The molecule has 0 bridgehead atoms. The van der Waals surface area contributed by atoms with Crippen LogP contribution in [0.1, 0.15) is 5.69 Å². The van der Waals surface area contributed by atoms with E-state index >= 15 is 0 Å². The molecule has 3 nitrogen and oxygen atoms in total. The maximum Gasteiger partial charge on any atom is 0.433 e. The molecule has 0 fully saturated rings. The van der Waals surface area contributed by atoms with Gasteiger partial charge in [-0.2, -0.15) is 13.2 Å². The summed E-state index contributed by atoms with van der Waals surface area (Å²) in [5.41, 5.74) is 1.17. The Morgan fingerprint density at radius 3 is 2.42 bits per heavy atom. The van der Waals surface area contributed by atoms with Gasteiger partial charge in [0.1, 0.15) is 11.3 Å². The van der Waals surface area contributed by atoms with Gasteiger partial charge in [-0.3, -0.25) is 4.98 Å². The van der Waals surface area contributed by atoms with E-state index in [2.05, 4.69) is 15.0 Å². The van der Waals surface area contributed by atoms with Crippen molar-refractivity contribution in [3.8, 4) is 11.1 Å². The quantitative estimate of drug-likeness (QED) is 0.728. The summed E-state index contributed by atoms with van der Waals surface area (Å²) in [6, 6.07) is 6.06. The first-order valence-corrected chi connectivity index (χ1v) is 5.51. The van der Waals surface area contributed by atoms with E-state index in [0.717, 1.165) is 22.7 Å². The van der Waals surface area contributed by atoms with Crippen LogP contribution in [-0.2, 0) is 6.18 Å². The average Bonchev–Trinajstić information content (AvgIpc) is 2.85. The zero-order chi connectivity index (χ0) is 13.5. The molecule has 0 amide bonds. The standard InChI is InChI=1S/C13H8F3N3/c14-13(15,16)11-2-1-9(6-18-11)10-5-8-3-4-17-12(8)19-7-10/h1-7H,(H,17,19). The molecule has 3 heterocycles. The summed E-state index contributed by atoms with van der Waals surface area (Å²) in [6.07, 6.45) is 0.148. The van der Waals surface area contributed by atoms with Gasteiger partial charge in [0.25, 0.3) is 0 Å². The fraction of sp³-hybridized carbons (Fsp3) is 0.0769. The number of aromatic nitrogens is 3. The van der Waals surface area contributed by atoms with Crippen molar-refractivity contribution in [2.45, 2.75) is 6.18 Å². The van der Waals surface area contributed by atoms with Gasteiger partial charge in [0.15, 0.2) is 0 Å². The Morgan fingerprint density at radius 2 is 1.74 bits per heavy atom. The van der Waals surface area contributed by atoms with Crippen LogP contribution in [0.4, 0.5) is 13.2 Å². The van der Waals surface area contributed by atoms with E-state index in [0.29, 0.717) is 5.56 Å². The van der Waals surface area contributed by atoms with E-state index in [1.807, 2.05) is 12.1 Å². The highest BCUT2D eigenvalue weighted by Crippen LogP contribution is 2.29. The minimum atomic E-state index is -4.42. The van der Waals surface area contributed by atoms with Gasteiger partial charge in [0, 0.05) is 35.1 Å². The number of pyridine rings is 2. The van der Waals surface area contributed by atoms with Gasteiger partial charge < -0.3 is 4.98 Å². The minimum absolute atomic E-state index is 0.601. The first kappa shape index (κ1) is 11.7. The van der Waals surface area contributed by atoms with Crippen molar-refractivity contribution in [2.75, 3.05) is 0 Å². The third-order valence-corrected chi connectivity index (χ3v) is 2.79. The number of rotatable bonds is 1. The monoisotopic (exact) mass is 263 g/mol. The lowest BCUT2D eigenvalue weighted by molar-refractivity contribution is -0.141. The zero-order valence-corrected chi connectivity index (χ0v) is 9.57. The molecule has 0 aliphatic heterocycles. The van der Waals surface area contributed by atoms with E-state index in [4.69, 9.17) is 0 Å². The van der Waals surface area contributed by atoms with Crippen LogP contribution in [0.25, 0.3) is 22.2 Å². The number of fused-ring (bicyclic) bond motifs is 1. The molecule has 0 atom stereocenters. The van der Waals surface area contributed by atoms with Crippen LogP contribution in [0.3, 0.4) is 0 Å². The molecule has 0 saturated heterocycles. The van der Waals surface area contributed by atoms with Gasteiger partial charge in [0.2, 0.25) is 0 Å². The normalized spacial score (nSPS) is 11.9. The summed E-state index contributed by atoms with van der Waals surface area (Å²) in [7, 11) is 0. The summed E-state index contributed by atoms with van der Waals surface area (Å²) in [6.45, 7) is 0. The summed E-state index contributed by atoms with van der Waals surface area (Å²) in [5.74, 6) is 0. The lowest BCUT2D eigenvalue weighted by Gasteiger charge is -2.06. The Labute approximate surface area is 106 Å². The average molecular weight is 263 g/mol. The number of H-pyrrole nitrogens is 1. The molecule has 0 radical (unpaired) electrons. The van der Waals surface area contributed by atoms with Crippen LogP contribution in [0.5, 0.6) is 0 Å². The third-order valence-electron chi connectivity index (χ3n) is 2.79. The van der Waals surface area contributed by atoms with E-state index in [9.17, 15) is 13.2 Å². The SMILES string of the molecule is FC(F)(F)c1ccc(-c2cnc3[nH]ccc3c2)cn1. The van der Waals surface area contributed by atoms with Crippen molar-refractivity contribution in [2.24, 2.45) is 0 Å². The molecule has 0 spiro atoms. The minimum Gasteiger partial charge on any atom is -0.346 e. The molecule has 0 aliphatic carbocycles. The van der Waals surface area contributed by atoms with E-state index in [1.165, 1.54) is 12.3 Å². The number of nitrogens with one attached hydrogen (secondary N) is 1. The Kier molecular flexibility index (Phi) is 2.51. The number of aromatic amines is 1. The van der Waals surface area contributed by atoms with Crippen LogP contribution >= 0.6 is 0 Å². The Hall–Kier alpha value is -2.37. The van der Waals surface area contributed by atoms with Gasteiger partial charge >= 0.3 is 6.18 Å². The highest BCUT2D eigenvalue weighted by atomic mass is 19.4. The maximum atomic E-state index is 12.4. The molecule has 3 aromatic rings. The second kappa shape index (κ2) is 4.08. The highest BCUT2D eigenvalue weighted by molar-refractivity contribution is 5.81. The van der Waals surface area contributed by atoms with Crippen LogP contribution in [-0.4, -0.2) is 15.0 Å². The summed E-state index contributed by atoms with van der Waals surface area (Å²) in [5, 5.41) is 0.900. The maximum absolute atomic E-state index is 12.4. The van der Waals surface area contributed by atoms with Gasteiger partial charge in [-0.25, -0.2) is 4.98 Å². The molecule has 96 valence electrons. The molecular weight excluding hydrogens is 255 g/mol. The number of nitrogens with zero attached hydrogens (tertiary/aromatic N) is 2. The number of halogens is 3. The van der Waals surface area contributed by atoms with E-state index in [-0.39, 0.29) is 0 Å². The van der Waals surface area contributed by atoms with Gasteiger partial charge in [-0.15, -0.1) is 0 Å². The van der Waals surface area contributed by atoms with E-state index < -0.39 is 11.9 Å². The smallest absolute Gasteiger partial charge is 0.346 e. The first-order valence-electron chi connectivity index (χ1n) is 5.51. The summed E-state index contributed by atoms with van der Waals surface area (Å²) >= 11 is 0. The summed E-state index contributed by atoms with van der Waals surface area (Å²) in [4.78, 5) is 10.6. The molecule has 0 saturated carbocycles. The fourth-order valence-corrected chi connectivity index (χ4v) is 1.83. The number of hydrogen-bond acceptors (Lipinski definition) is 2. The molecule has 1 N–H and O–H groups in total. The summed E-state index contributed by atoms with van der Waals surface area (Å²) < 4.78 is 37.2. The van der Waals surface area contributed by atoms with E-state index in [1.54, 1.807) is 12.4 Å². The zero-order valence-electron chi connectivity index (χ0n) is 9.57. The largest absolute Gasteiger partial charge is 0.433 e. The van der Waals surface area contributed by atoms with Crippen molar-refractivity contribution in [3.63, 3.8) is 0 Å².